The summed E-state index contributed by atoms with van der Waals surface area (Å²) in [5.74, 6) is -2.60. The standard InChI is InChI=1S/C18H18O7.C17H16O7.C17H16O5/c1-23-15-8-11(9-16(24-2)18(15)25-3)12(19)5-4-10-6-13(20)17(22)14(21)7-10;1-23-14-7-10(8-15(24-2)17(14)22)11(18)4-3-9-5-12(19)16(21)13(20)6-9;1-21-13-8-12(9-14(10-13)22-2)15(18)5-3-11-4-6-16(19)17(20)7-11/h4-9,20-22H,1-3H3;3-8,19-22H,1-2H3;3-10,19-20H,1-2H3/b5-4+;4-3+;5-3+. The SMILES string of the molecule is COc1cc(C(=O)/C=C/c2cc(O)c(O)c(O)c2)cc(OC)c1O.COc1cc(C(=O)/C=C/c2cc(O)c(O)c(O)c2)cc(OC)c1OC.COc1cc(OC)cc(C(=O)/C=C/c2ccc(O)c(O)c2)c1. The van der Waals surface area contributed by atoms with Crippen LogP contribution in [0.3, 0.4) is 0 Å². The third kappa shape index (κ3) is 14.2. The summed E-state index contributed by atoms with van der Waals surface area (Å²) in [6.45, 7) is 0. The summed E-state index contributed by atoms with van der Waals surface area (Å²) in [6.07, 6.45) is 8.13. The lowest BCUT2D eigenvalue weighted by Gasteiger charge is -2.13. The summed E-state index contributed by atoms with van der Waals surface area (Å²) in [7, 11) is 10.1. The fourth-order valence-corrected chi connectivity index (χ4v) is 6.10. The largest absolute Gasteiger partial charge is 0.504 e. The van der Waals surface area contributed by atoms with Crippen molar-refractivity contribution in [1.29, 1.82) is 0 Å². The third-order valence-corrected chi connectivity index (χ3v) is 9.81. The van der Waals surface area contributed by atoms with Crippen LogP contribution in [-0.4, -0.2) is 113 Å². The number of hydrogen-bond donors (Lipinski definition) is 9. The highest BCUT2D eigenvalue weighted by molar-refractivity contribution is 6.09. The van der Waals surface area contributed by atoms with Crippen molar-refractivity contribution in [2.75, 3.05) is 49.8 Å². The Hall–Kier alpha value is -9.65. The molecule has 0 saturated carbocycles. The molecule has 0 fully saturated rings. The van der Waals surface area contributed by atoms with E-state index in [0.717, 1.165) is 0 Å². The Bertz CT molecular complexity index is 2870. The second kappa shape index (κ2) is 24.9. The summed E-state index contributed by atoms with van der Waals surface area (Å²) < 4.78 is 35.8. The molecule has 19 heteroatoms. The lowest BCUT2D eigenvalue weighted by Crippen LogP contribution is -2.00. The van der Waals surface area contributed by atoms with Crippen molar-refractivity contribution < 1.29 is 93.5 Å². The van der Waals surface area contributed by atoms with Crippen molar-refractivity contribution in [3.05, 3.63) is 137 Å². The molecular weight excluding hydrogens is 929 g/mol. The summed E-state index contributed by atoms with van der Waals surface area (Å²) >= 11 is 0. The molecule has 0 radical (unpaired) electrons. The summed E-state index contributed by atoms with van der Waals surface area (Å²) in [5, 5.41) is 84.9. The molecule has 0 saturated heterocycles. The number of allylic oxidation sites excluding steroid dienone is 3. The van der Waals surface area contributed by atoms with E-state index in [2.05, 4.69) is 0 Å². The van der Waals surface area contributed by atoms with Gasteiger partial charge in [0, 0.05) is 22.8 Å². The van der Waals surface area contributed by atoms with Gasteiger partial charge in [0.2, 0.25) is 11.5 Å². The summed E-state index contributed by atoms with van der Waals surface area (Å²) in [6, 6.07) is 19.8. The van der Waals surface area contributed by atoms with Crippen LogP contribution in [0, 0.1) is 0 Å². The van der Waals surface area contributed by atoms with Crippen LogP contribution >= 0.6 is 0 Å². The average Bonchev–Trinajstić information content (AvgIpc) is 3.37. The molecule has 0 heterocycles. The first-order valence-electron chi connectivity index (χ1n) is 20.5. The second-order valence-corrected chi connectivity index (χ2v) is 14.4. The number of phenolic OH excluding ortho intramolecular Hbond substituents is 9. The van der Waals surface area contributed by atoms with Gasteiger partial charge in [-0.3, -0.25) is 14.4 Å². The zero-order chi connectivity index (χ0) is 52.5. The number of carbonyl (C=O) groups is 3. The van der Waals surface area contributed by atoms with Crippen LogP contribution in [0.25, 0.3) is 18.2 Å². The van der Waals surface area contributed by atoms with Gasteiger partial charge >= 0.3 is 0 Å². The van der Waals surface area contributed by atoms with E-state index >= 15 is 0 Å². The van der Waals surface area contributed by atoms with E-state index in [1.54, 1.807) is 30.3 Å². The molecule has 0 aliphatic heterocycles. The Morgan fingerprint density at radius 1 is 0.338 bits per heavy atom. The lowest BCUT2D eigenvalue weighted by atomic mass is 10.1. The minimum Gasteiger partial charge on any atom is -0.504 e. The Labute approximate surface area is 406 Å². The molecular formula is C52H50O19. The molecule has 0 aromatic heterocycles. The van der Waals surface area contributed by atoms with Gasteiger partial charge in [-0.1, -0.05) is 24.3 Å². The summed E-state index contributed by atoms with van der Waals surface area (Å²) in [4.78, 5) is 36.8. The van der Waals surface area contributed by atoms with Gasteiger partial charge in [0.15, 0.2) is 86.3 Å². The quantitative estimate of drug-likeness (QED) is 0.0251. The van der Waals surface area contributed by atoms with Gasteiger partial charge in [-0.05, 0) is 108 Å². The first-order chi connectivity index (χ1) is 33.8. The van der Waals surface area contributed by atoms with Crippen LogP contribution in [0.5, 0.6) is 92.0 Å². The van der Waals surface area contributed by atoms with Crippen molar-refractivity contribution in [2.45, 2.75) is 0 Å². The van der Waals surface area contributed by atoms with Crippen LogP contribution in [0.2, 0.25) is 0 Å². The first kappa shape index (κ1) is 54.0. The molecule has 19 nitrogen and oxygen atoms in total. The number of aromatic hydroxyl groups is 9. The van der Waals surface area contributed by atoms with E-state index in [0.29, 0.717) is 56.6 Å². The topological polar surface area (TPSA) is 298 Å². The van der Waals surface area contributed by atoms with Gasteiger partial charge in [-0.2, -0.15) is 0 Å². The van der Waals surface area contributed by atoms with Crippen molar-refractivity contribution in [2.24, 2.45) is 0 Å². The zero-order valence-corrected chi connectivity index (χ0v) is 39.2. The fourth-order valence-electron chi connectivity index (χ4n) is 6.10. The van der Waals surface area contributed by atoms with E-state index in [-0.39, 0.29) is 45.9 Å². The number of methoxy groups -OCH3 is 7. The molecule has 6 aromatic rings. The van der Waals surface area contributed by atoms with Crippen molar-refractivity contribution >= 4 is 35.6 Å². The number of ketones is 3. The molecule has 6 aromatic carbocycles. The second-order valence-electron chi connectivity index (χ2n) is 14.4. The lowest BCUT2D eigenvalue weighted by molar-refractivity contribution is 0.103. The van der Waals surface area contributed by atoms with Crippen molar-refractivity contribution in [1.82, 2.24) is 0 Å². The van der Waals surface area contributed by atoms with Crippen LogP contribution in [0.1, 0.15) is 47.8 Å². The number of benzene rings is 6. The van der Waals surface area contributed by atoms with E-state index in [4.69, 9.17) is 33.2 Å². The molecule has 9 N–H and O–H groups in total. The van der Waals surface area contributed by atoms with Crippen LogP contribution in [0.4, 0.5) is 0 Å². The number of rotatable bonds is 16. The van der Waals surface area contributed by atoms with E-state index in [9.17, 15) is 60.3 Å². The average molecular weight is 979 g/mol. The molecule has 0 aliphatic carbocycles. The summed E-state index contributed by atoms with van der Waals surface area (Å²) in [5.41, 5.74) is 2.19. The van der Waals surface area contributed by atoms with Gasteiger partial charge in [-0.25, -0.2) is 0 Å². The van der Waals surface area contributed by atoms with E-state index < -0.39 is 40.3 Å². The predicted octanol–water partition coefficient (Wildman–Crippen LogP) is 8.16. The Morgan fingerprint density at radius 2 is 0.676 bits per heavy atom. The molecule has 0 aliphatic rings. The van der Waals surface area contributed by atoms with Crippen molar-refractivity contribution in [3.63, 3.8) is 0 Å². The fraction of sp³-hybridized carbons (Fsp3) is 0.135. The van der Waals surface area contributed by atoms with Gasteiger partial charge in [-0.15, -0.1) is 0 Å². The van der Waals surface area contributed by atoms with Gasteiger partial charge in [0.05, 0.1) is 49.8 Å². The van der Waals surface area contributed by atoms with Crippen LogP contribution in [-0.2, 0) is 0 Å². The highest BCUT2D eigenvalue weighted by Crippen LogP contribution is 2.40. The van der Waals surface area contributed by atoms with Crippen LogP contribution < -0.4 is 33.2 Å². The maximum Gasteiger partial charge on any atom is 0.203 e. The van der Waals surface area contributed by atoms with Gasteiger partial charge < -0.3 is 79.1 Å². The maximum atomic E-state index is 12.4. The number of phenols is 9. The molecule has 372 valence electrons. The van der Waals surface area contributed by atoms with Crippen molar-refractivity contribution in [3.8, 4) is 92.0 Å². The number of ether oxygens (including phenoxy) is 7. The minimum absolute atomic E-state index is 0.0889. The molecule has 71 heavy (non-hydrogen) atoms. The van der Waals surface area contributed by atoms with E-state index in [1.807, 2.05) is 0 Å². The van der Waals surface area contributed by atoms with E-state index in [1.165, 1.54) is 141 Å². The number of hydrogen-bond acceptors (Lipinski definition) is 19. The zero-order valence-electron chi connectivity index (χ0n) is 39.2. The Kier molecular flexibility index (Phi) is 18.9. The molecule has 6 rings (SSSR count). The Balaban J connectivity index is 0.000000232. The normalized spacial score (nSPS) is 10.7. The van der Waals surface area contributed by atoms with Crippen LogP contribution in [0.15, 0.2) is 103 Å². The smallest absolute Gasteiger partial charge is 0.203 e. The first-order valence-corrected chi connectivity index (χ1v) is 20.5. The third-order valence-electron chi connectivity index (χ3n) is 9.81. The molecule has 0 spiro atoms. The monoisotopic (exact) mass is 978 g/mol. The highest BCUT2D eigenvalue weighted by Gasteiger charge is 2.17. The molecule has 0 unspecified atom stereocenters. The highest BCUT2D eigenvalue weighted by atomic mass is 16.5. The molecule has 0 amide bonds. The number of carbonyl (C=O) groups excluding carboxylic acids is 3. The molecule has 0 bridgehead atoms. The maximum absolute atomic E-state index is 12.4. The van der Waals surface area contributed by atoms with Gasteiger partial charge in [0.1, 0.15) is 11.5 Å². The molecule has 0 atom stereocenters. The predicted molar refractivity (Wildman–Crippen MR) is 260 cm³/mol. The van der Waals surface area contributed by atoms with Gasteiger partial charge in [0.25, 0.3) is 0 Å². The Morgan fingerprint density at radius 3 is 1.01 bits per heavy atom. The minimum atomic E-state index is -0.633.